The SMILES string of the molecule is CC(C)n1cncc1COc1ccc(S(=O)(=O)Cl)cc1Br. The van der Waals surface area contributed by atoms with Crippen LogP contribution in [0.1, 0.15) is 25.6 Å². The molecule has 0 saturated carbocycles. The Morgan fingerprint density at radius 3 is 2.71 bits per heavy atom. The van der Waals surface area contributed by atoms with E-state index in [0.717, 1.165) is 5.69 Å². The molecule has 114 valence electrons. The first kappa shape index (κ1) is 16.3. The molecule has 0 bridgehead atoms. The standard InChI is InChI=1S/C13H14BrClN2O3S/c1-9(2)17-8-16-6-10(17)7-20-13-4-3-11(5-12(13)14)21(15,18)19/h3-6,8-9H,7H2,1-2H3. The van der Waals surface area contributed by atoms with Gasteiger partial charge in [0, 0.05) is 16.7 Å². The van der Waals surface area contributed by atoms with Gasteiger partial charge in [-0.3, -0.25) is 0 Å². The van der Waals surface area contributed by atoms with Crippen molar-refractivity contribution in [2.24, 2.45) is 0 Å². The Morgan fingerprint density at radius 1 is 1.43 bits per heavy atom. The number of nitrogens with zero attached hydrogens (tertiary/aromatic N) is 2. The molecule has 8 heteroatoms. The molecule has 5 nitrogen and oxygen atoms in total. The van der Waals surface area contributed by atoms with Gasteiger partial charge in [-0.2, -0.15) is 0 Å². The lowest BCUT2D eigenvalue weighted by molar-refractivity contribution is 0.290. The fourth-order valence-electron chi connectivity index (χ4n) is 1.81. The van der Waals surface area contributed by atoms with Gasteiger partial charge < -0.3 is 9.30 Å². The van der Waals surface area contributed by atoms with Crippen LogP contribution in [0.15, 0.2) is 40.1 Å². The van der Waals surface area contributed by atoms with Crippen molar-refractivity contribution in [3.8, 4) is 5.75 Å². The highest BCUT2D eigenvalue weighted by Crippen LogP contribution is 2.29. The number of rotatable bonds is 5. The monoisotopic (exact) mass is 392 g/mol. The summed E-state index contributed by atoms with van der Waals surface area (Å²) >= 11 is 3.28. The molecular formula is C13H14BrClN2O3S. The molecule has 1 aromatic carbocycles. The molecule has 2 rings (SSSR count). The molecule has 0 atom stereocenters. The van der Waals surface area contributed by atoms with Gasteiger partial charge in [-0.15, -0.1) is 0 Å². The van der Waals surface area contributed by atoms with Gasteiger partial charge in [0.15, 0.2) is 0 Å². The topological polar surface area (TPSA) is 61.2 Å². The summed E-state index contributed by atoms with van der Waals surface area (Å²) in [5, 5.41) is 0. The first-order valence-electron chi connectivity index (χ1n) is 6.16. The van der Waals surface area contributed by atoms with Crippen LogP contribution in [0.5, 0.6) is 5.75 Å². The number of hydrogen-bond acceptors (Lipinski definition) is 4. The highest BCUT2D eigenvalue weighted by atomic mass is 79.9. The minimum atomic E-state index is -3.75. The predicted molar refractivity (Wildman–Crippen MR) is 84.1 cm³/mol. The second-order valence-corrected chi connectivity index (χ2v) is 8.13. The fraction of sp³-hybridized carbons (Fsp3) is 0.308. The number of aromatic nitrogens is 2. The smallest absolute Gasteiger partial charge is 0.261 e. The normalized spacial score (nSPS) is 11.9. The minimum Gasteiger partial charge on any atom is -0.486 e. The summed E-state index contributed by atoms with van der Waals surface area (Å²) in [4.78, 5) is 4.12. The average molecular weight is 394 g/mol. The predicted octanol–water partition coefficient (Wildman–Crippen LogP) is 3.73. The Kier molecular flexibility index (Phi) is 4.95. The van der Waals surface area contributed by atoms with E-state index in [9.17, 15) is 8.42 Å². The zero-order chi connectivity index (χ0) is 15.6. The van der Waals surface area contributed by atoms with E-state index in [1.807, 2.05) is 4.57 Å². The molecule has 1 heterocycles. The molecule has 0 N–H and O–H groups in total. The van der Waals surface area contributed by atoms with Crippen LogP contribution >= 0.6 is 26.6 Å². The summed E-state index contributed by atoms with van der Waals surface area (Å²) in [7, 11) is 1.55. The number of hydrogen-bond donors (Lipinski definition) is 0. The Labute approximate surface area is 136 Å². The summed E-state index contributed by atoms with van der Waals surface area (Å²) in [6, 6.07) is 4.67. The Bertz CT molecular complexity index is 744. The Hall–Kier alpha value is -1.05. The van der Waals surface area contributed by atoms with Gasteiger partial charge in [0.05, 0.1) is 27.6 Å². The van der Waals surface area contributed by atoms with E-state index in [2.05, 4.69) is 34.8 Å². The quantitative estimate of drug-likeness (QED) is 0.726. The summed E-state index contributed by atoms with van der Waals surface area (Å²) in [5.41, 5.74) is 0.936. The maximum absolute atomic E-state index is 11.3. The molecule has 0 aliphatic rings. The number of imidazole rings is 1. The first-order valence-corrected chi connectivity index (χ1v) is 9.27. The van der Waals surface area contributed by atoms with Crippen molar-refractivity contribution in [1.29, 1.82) is 0 Å². The van der Waals surface area contributed by atoms with Crippen molar-refractivity contribution in [2.45, 2.75) is 31.4 Å². The van der Waals surface area contributed by atoms with Gasteiger partial charge >= 0.3 is 0 Å². The van der Waals surface area contributed by atoms with E-state index < -0.39 is 9.05 Å². The summed E-state index contributed by atoms with van der Waals surface area (Å²) < 4.78 is 30.7. The van der Waals surface area contributed by atoms with Crippen molar-refractivity contribution >= 4 is 35.7 Å². The Balaban J connectivity index is 2.16. The van der Waals surface area contributed by atoms with Gasteiger partial charge in [0.1, 0.15) is 12.4 Å². The molecule has 0 fully saturated rings. The molecule has 0 aliphatic heterocycles. The lowest BCUT2D eigenvalue weighted by Crippen LogP contribution is -2.07. The van der Waals surface area contributed by atoms with Crippen molar-refractivity contribution in [1.82, 2.24) is 9.55 Å². The largest absolute Gasteiger partial charge is 0.486 e. The molecular weight excluding hydrogens is 380 g/mol. The van der Waals surface area contributed by atoms with Gasteiger partial charge in [-0.1, -0.05) is 0 Å². The van der Waals surface area contributed by atoms with E-state index in [-0.39, 0.29) is 4.90 Å². The van der Waals surface area contributed by atoms with Crippen LogP contribution in [0.25, 0.3) is 0 Å². The number of halogens is 2. The third kappa shape index (κ3) is 3.99. The van der Waals surface area contributed by atoms with Gasteiger partial charge in [-0.05, 0) is 48.0 Å². The average Bonchev–Trinajstić information content (AvgIpc) is 2.84. The molecule has 0 unspecified atom stereocenters. The van der Waals surface area contributed by atoms with E-state index in [0.29, 0.717) is 22.9 Å². The van der Waals surface area contributed by atoms with E-state index >= 15 is 0 Å². The lowest BCUT2D eigenvalue weighted by atomic mass is 10.3. The lowest BCUT2D eigenvalue weighted by Gasteiger charge is -2.13. The molecule has 0 amide bonds. The number of benzene rings is 1. The zero-order valence-corrected chi connectivity index (χ0v) is 14.6. The highest BCUT2D eigenvalue weighted by molar-refractivity contribution is 9.10. The van der Waals surface area contributed by atoms with Crippen molar-refractivity contribution in [3.05, 3.63) is 40.9 Å². The van der Waals surface area contributed by atoms with Gasteiger partial charge in [-0.25, -0.2) is 13.4 Å². The van der Waals surface area contributed by atoms with Crippen molar-refractivity contribution in [3.63, 3.8) is 0 Å². The number of ether oxygens (including phenoxy) is 1. The van der Waals surface area contributed by atoms with Crippen LogP contribution in [0.2, 0.25) is 0 Å². The van der Waals surface area contributed by atoms with Crippen LogP contribution in [-0.4, -0.2) is 18.0 Å². The van der Waals surface area contributed by atoms with Crippen LogP contribution in [0.4, 0.5) is 0 Å². The van der Waals surface area contributed by atoms with Crippen LogP contribution in [0.3, 0.4) is 0 Å². The minimum absolute atomic E-state index is 0.0237. The highest BCUT2D eigenvalue weighted by Gasteiger charge is 2.13. The molecule has 0 saturated heterocycles. The van der Waals surface area contributed by atoms with E-state index in [1.54, 1.807) is 18.6 Å². The summed E-state index contributed by atoms with van der Waals surface area (Å²) in [5.74, 6) is 0.538. The molecule has 1 aromatic heterocycles. The molecule has 2 aromatic rings. The first-order chi connectivity index (χ1) is 9.79. The Morgan fingerprint density at radius 2 is 2.14 bits per heavy atom. The molecule has 0 aliphatic carbocycles. The van der Waals surface area contributed by atoms with Crippen molar-refractivity contribution < 1.29 is 13.2 Å². The maximum Gasteiger partial charge on any atom is 0.261 e. The molecule has 0 radical (unpaired) electrons. The van der Waals surface area contributed by atoms with E-state index in [1.165, 1.54) is 12.1 Å². The second-order valence-electron chi connectivity index (χ2n) is 4.70. The van der Waals surface area contributed by atoms with Crippen LogP contribution in [0, 0.1) is 0 Å². The third-order valence-corrected chi connectivity index (χ3v) is 4.83. The van der Waals surface area contributed by atoms with Crippen LogP contribution < -0.4 is 4.74 Å². The maximum atomic E-state index is 11.3. The third-order valence-electron chi connectivity index (χ3n) is 2.86. The van der Waals surface area contributed by atoms with Crippen LogP contribution in [-0.2, 0) is 15.7 Å². The zero-order valence-electron chi connectivity index (χ0n) is 11.5. The molecule has 0 spiro atoms. The van der Waals surface area contributed by atoms with Gasteiger partial charge in [0.25, 0.3) is 9.05 Å². The molecule has 21 heavy (non-hydrogen) atoms. The fourth-order valence-corrected chi connectivity index (χ4v) is 3.23. The van der Waals surface area contributed by atoms with E-state index in [4.69, 9.17) is 15.4 Å². The van der Waals surface area contributed by atoms with Crippen molar-refractivity contribution in [2.75, 3.05) is 0 Å². The second kappa shape index (κ2) is 6.37. The van der Waals surface area contributed by atoms with Gasteiger partial charge in [0.2, 0.25) is 0 Å². The summed E-state index contributed by atoms with van der Waals surface area (Å²) in [6.45, 7) is 4.45. The summed E-state index contributed by atoms with van der Waals surface area (Å²) in [6.07, 6.45) is 3.49.